The topological polar surface area (TPSA) is 54.2 Å². The number of halogens is 1. The van der Waals surface area contributed by atoms with Crippen LogP contribution < -0.4 is 5.32 Å². The number of aryl methyl sites for hydroxylation is 1. The zero-order valence-corrected chi connectivity index (χ0v) is 20.0. The number of morpholine rings is 1. The first kappa shape index (κ1) is 22.6. The summed E-state index contributed by atoms with van der Waals surface area (Å²) in [6, 6.07) is 14.5. The molecule has 0 amide bonds. The molecule has 1 aromatic carbocycles. The summed E-state index contributed by atoms with van der Waals surface area (Å²) in [5.41, 5.74) is 4.58. The number of hydrogen-bond acceptors (Lipinski definition) is 3. The smallest absolute Gasteiger partial charge is 0.194 e. The number of hydrogen-bond donors (Lipinski definition) is 1. The van der Waals surface area contributed by atoms with Gasteiger partial charge in [-0.05, 0) is 37.1 Å². The maximum absolute atomic E-state index is 6.07. The Bertz CT molecular complexity index is 953. The number of ether oxygens (including phenoxy) is 1. The van der Waals surface area contributed by atoms with Crippen molar-refractivity contribution in [2.75, 3.05) is 32.8 Å². The highest BCUT2D eigenvalue weighted by molar-refractivity contribution is 14.0. The van der Waals surface area contributed by atoms with E-state index in [1.54, 1.807) is 0 Å². The number of imidazole rings is 1. The van der Waals surface area contributed by atoms with E-state index in [0.29, 0.717) is 13.2 Å². The van der Waals surface area contributed by atoms with Crippen molar-refractivity contribution in [3.05, 3.63) is 71.7 Å². The van der Waals surface area contributed by atoms with Crippen molar-refractivity contribution in [3.63, 3.8) is 0 Å². The summed E-state index contributed by atoms with van der Waals surface area (Å²) in [6.45, 7) is 8.17. The minimum atomic E-state index is 0. The molecular weight excluding hydrogens is 489 g/mol. The molecule has 1 N–H and O–H groups in total. The summed E-state index contributed by atoms with van der Waals surface area (Å²) in [5.74, 6) is 0.957. The van der Waals surface area contributed by atoms with E-state index in [9.17, 15) is 0 Å². The van der Waals surface area contributed by atoms with Crippen LogP contribution in [0.2, 0.25) is 0 Å². The molecule has 1 aliphatic heterocycles. The van der Waals surface area contributed by atoms with E-state index in [0.717, 1.165) is 43.4 Å². The van der Waals surface area contributed by atoms with Crippen molar-refractivity contribution < 1.29 is 4.74 Å². The zero-order chi connectivity index (χ0) is 20.1. The molecule has 4 rings (SSSR count). The zero-order valence-electron chi connectivity index (χ0n) is 17.6. The number of nitrogens with one attached hydrogen (secondary N) is 1. The van der Waals surface area contributed by atoms with Gasteiger partial charge in [-0.3, -0.25) is 4.99 Å². The molecule has 2 aromatic heterocycles. The molecule has 3 heterocycles. The van der Waals surface area contributed by atoms with E-state index in [2.05, 4.69) is 63.9 Å². The normalized spacial score (nSPS) is 17.1. The summed E-state index contributed by atoms with van der Waals surface area (Å²) in [7, 11) is 0. The Kier molecular flexibility index (Phi) is 8.09. The van der Waals surface area contributed by atoms with Crippen LogP contribution in [0.4, 0.5) is 0 Å². The first-order chi connectivity index (χ1) is 14.2. The van der Waals surface area contributed by atoms with Crippen LogP contribution >= 0.6 is 24.0 Å². The van der Waals surface area contributed by atoms with Gasteiger partial charge in [0.2, 0.25) is 0 Å². The van der Waals surface area contributed by atoms with Gasteiger partial charge in [-0.1, -0.05) is 30.3 Å². The van der Waals surface area contributed by atoms with Crippen molar-refractivity contribution in [2.24, 2.45) is 4.99 Å². The van der Waals surface area contributed by atoms with Crippen LogP contribution in [0.15, 0.2) is 59.9 Å². The molecule has 0 radical (unpaired) electrons. The Labute approximate surface area is 195 Å². The Balaban J connectivity index is 0.00000256. The Morgan fingerprint density at radius 2 is 2.07 bits per heavy atom. The summed E-state index contributed by atoms with van der Waals surface area (Å²) in [6.07, 6.45) is 5.01. The number of fused-ring (bicyclic) bond motifs is 1. The molecular formula is C23H30IN5O. The van der Waals surface area contributed by atoms with Crippen LogP contribution in [0, 0.1) is 6.92 Å². The molecule has 1 unspecified atom stereocenters. The molecule has 3 aromatic rings. The summed E-state index contributed by atoms with van der Waals surface area (Å²) in [4.78, 5) is 11.9. The predicted octanol–water partition coefficient (Wildman–Crippen LogP) is 3.84. The lowest BCUT2D eigenvalue weighted by molar-refractivity contribution is -0.00832. The second-order valence-electron chi connectivity index (χ2n) is 7.35. The van der Waals surface area contributed by atoms with Crippen molar-refractivity contribution >= 4 is 35.6 Å². The number of rotatable bonds is 5. The molecule has 1 saturated heterocycles. The lowest BCUT2D eigenvalue weighted by atomic mass is 10.0. The van der Waals surface area contributed by atoms with Gasteiger partial charge in [0.05, 0.1) is 18.8 Å². The molecule has 0 bridgehead atoms. The molecule has 0 saturated carbocycles. The highest BCUT2D eigenvalue weighted by atomic mass is 127. The molecule has 6 nitrogen and oxygen atoms in total. The van der Waals surface area contributed by atoms with Crippen molar-refractivity contribution in [3.8, 4) is 0 Å². The van der Waals surface area contributed by atoms with Crippen molar-refractivity contribution in [1.29, 1.82) is 0 Å². The average Bonchev–Trinajstić information content (AvgIpc) is 3.16. The molecule has 160 valence electrons. The molecule has 0 spiro atoms. The number of aliphatic imine (C=N–C) groups is 1. The third-order valence-corrected chi connectivity index (χ3v) is 5.28. The molecule has 7 heteroatoms. The quantitative estimate of drug-likeness (QED) is 0.316. The standard InChI is InChI=1S/C23H29N5O.HI/c1-3-24-23(25-12-11-19-16-27-13-7-6-10-22(27)26-19)28-14-15-29-21(17-28)20-9-5-4-8-18(20)2;/h4-10,13,16,21H,3,11-12,14-15,17H2,1-2H3,(H,24,25);1H. The Morgan fingerprint density at radius 3 is 2.87 bits per heavy atom. The molecule has 1 aliphatic rings. The fraction of sp³-hybridized carbons (Fsp3) is 0.391. The summed E-state index contributed by atoms with van der Waals surface area (Å²) >= 11 is 0. The highest BCUT2D eigenvalue weighted by Gasteiger charge is 2.25. The SMILES string of the molecule is CCNC(=NCCc1cn2ccccc2n1)N1CCOC(c2ccccc2C)C1.I. The van der Waals surface area contributed by atoms with E-state index in [4.69, 9.17) is 9.73 Å². The van der Waals surface area contributed by atoms with Gasteiger partial charge in [-0.25, -0.2) is 4.98 Å². The Morgan fingerprint density at radius 1 is 1.23 bits per heavy atom. The van der Waals surface area contributed by atoms with Gasteiger partial charge in [-0.2, -0.15) is 0 Å². The third-order valence-electron chi connectivity index (χ3n) is 5.28. The van der Waals surface area contributed by atoms with Gasteiger partial charge in [-0.15, -0.1) is 24.0 Å². The lowest BCUT2D eigenvalue weighted by Gasteiger charge is -2.35. The van der Waals surface area contributed by atoms with E-state index >= 15 is 0 Å². The molecule has 0 aliphatic carbocycles. The van der Waals surface area contributed by atoms with Gasteiger partial charge in [0.25, 0.3) is 0 Å². The van der Waals surface area contributed by atoms with Gasteiger partial charge < -0.3 is 19.4 Å². The first-order valence-corrected chi connectivity index (χ1v) is 10.4. The number of aromatic nitrogens is 2. The van der Waals surface area contributed by atoms with Crippen LogP contribution in [0.5, 0.6) is 0 Å². The summed E-state index contributed by atoms with van der Waals surface area (Å²) in [5, 5.41) is 3.45. The fourth-order valence-corrected chi connectivity index (χ4v) is 3.79. The van der Waals surface area contributed by atoms with E-state index in [1.165, 1.54) is 11.1 Å². The monoisotopic (exact) mass is 519 g/mol. The van der Waals surface area contributed by atoms with Gasteiger partial charge in [0, 0.05) is 38.4 Å². The van der Waals surface area contributed by atoms with Crippen molar-refractivity contribution in [2.45, 2.75) is 26.4 Å². The van der Waals surface area contributed by atoms with Crippen molar-refractivity contribution in [1.82, 2.24) is 19.6 Å². The number of guanidine groups is 1. The predicted molar refractivity (Wildman–Crippen MR) is 132 cm³/mol. The van der Waals surface area contributed by atoms with E-state index in [-0.39, 0.29) is 30.1 Å². The van der Waals surface area contributed by atoms with Crippen LogP contribution in [-0.4, -0.2) is 53.0 Å². The molecule has 1 fully saturated rings. The van der Waals surface area contributed by atoms with Crippen LogP contribution in [0.25, 0.3) is 5.65 Å². The minimum Gasteiger partial charge on any atom is -0.370 e. The van der Waals surface area contributed by atoms with Gasteiger partial charge >= 0.3 is 0 Å². The first-order valence-electron chi connectivity index (χ1n) is 10.4. The summed E-state index contributed by atoms with van der Waals surface area (Å²) < 4.78 is 8.13. The molecule has 1 atom stereocenters. The van der Waals surface area contributed by atoms with Gasteiger partial charge in [0.1, 0.15) is 11.8 Å². The van der Waals surface area contributed by atoms with E-state index in [1.807, 2.05) is 24.4 Å². The van der Waals surface area contributed by atoms with Crippen LogP contribution in [0.3, 0.4) is 0 Å². The van der Waals surface area contributed by atoms with Crippen LogP contribution in [0.1, 0.15) is 29.8 Å². The number of nitrogens with zero attached hydrogens (tertiary/aromatic N) is 4. The average molecular weight is 519 g/mol. The molecule has 30 heavy (non-hydrogen) atoms. The van der Waals surface area contributed by atoms with Gasteiger partial charge in [0.15, 0.2) is 5.96 Å². The highest BCUT2D eigenvalue weighted by Crippen LogP contribution is 2.25. The number of pyridine rings is 1. The third kappa shape index (κ3) is 5.31. The fourth-order valence-electron chi connectivity index (χ4n) is 3.79. The largest absolute Gasteiger partial charge is 0.370 e. The second kappa shape index (κ2) is 10.8. The Hall–Kier alpha value is -2.13. The van der Waals surface area contributed by atoms with Crippen LogP contribution in [-0.2, 0) is 11.2 Å². The minimum absolute atomic E-state index is 0. The van der Waals surface area contributed by atoms with E-state index < -0.39 is 0 Å². The second-order valence-corrected chi connectivity index (χ2v) is 7.35. The maximum atomic E-state index is 6.07. The lowest BCUT2D eigenvalue weighted by Crippen LogP contribution is -2.48. The maximum Gasteiger partial charge on any atom is 0.194 e. The number of benzene rings is 1.